The molecule has 0 saturated heterocycles. The molecule has 2 aromatic rings. The molecule has 0 fully saturated rings. The van der Waals surface area contributed by atoms with Gasteiger partial charge in [0.05, 0.1) is 4.47 Å². The molecule has 0 unspecified atom stereocenters. The van der Waals surface area contributed by atoms with E-state index in [9.17, 15) is 9.18 Å². The van der Waals surface area contributed by atoms with E-state index < -0.39 is 0 Å². The van der Waals surface area contributed by atoms with Crippen molar-refractivity contribution in [3.63, 3.8) is 0 Å². The summed E-state index contributed by atoms with van der Waals surface area (Å²) >= 11 is 6.48. The van der Waals surface area contributed by atoms with Crippen LogP contribution in [0.4, 0.5) is 4.39 Å². The van der Waals surface area contributed by atoms with E-state index in [4.69, 9.17) is 4.74 Å². The predicted octanol–water partition coefficient (Wildman–Crippen LogP) is 4.61. The Hall–Kier alpha value is -1.20. The highest BCUT2D eigenvalue weighted by Gasteiger charge is 2.08. The van der Waals surface area contributed by atoms with Crippen LogP contribution in [0.1, 0.15) is 10.4 Å². The van der Waals surface area contributed by atoms with Crippen LogP contribution >= 0.6 is 31.9 Å². The molecule has 0 aliphatic rings. The fraction of sp³-hybridized carbons (Fsp3) is 0.0714. The van der Waals surface area contributed by atoms with E-state index >= 15 is 0 Å². The number of Topliss-reactive ketones (excluding diaryl/α,β-unsaturated/α-hetero) is 1. The summed E-state index contributed by atoms with van der Waals surface area (Å²) in [6.45, 7) is -0.0914. The highest BCUT2D eigenvalue weighted by atomic mass is 79.9. The first-order valence-electron chi connectivity index (χ1n) is 5.43. The average Bonchev–Trinajstić information content (AvgIpc) is 2.38. The third kappa shape index (κ3) is 3.88. The molecule has 2 aromatic carbocycles. The number of hydrogen-bond acceptors (Lipinski definition) is 2. The molecule has 98 valence electrons. The maximum absolute atomic E-state index is 12.9. The Bertz CT molecular complexity index is 597. The van der Waals surface area contributed by atoms with Gasteiger partial charge in [0, 0.05) is 10.0 Å². The van der Waals surface area contributed by atoms with Crippen LogP contribution in [0.5, 0.6) is 5.75 Å². The summed E-state index contributed by atoms with van der Waals surface area (Å²) in [6.07, 6.45) is 0. The van der Waals surface area contributed by atoms with Gasteiger partial charge in [0.1, 0.15) is 11.6 Å². The molecule has 0 radical (unpaired) electrons. The van der Waals surface area contributed by atoms with Gasteiger partial charge in [-0.25, -0.2) is 4.39 Å². The van der Waals surface area contributed by atoms with Crippen LogP contribution in [-0.2, 0) is 0 Å². The Morgan fingerprint density at radius 3 is 2.42 bits per heavy atom. The lowest BCUT2D eigenvalue weighted by atomic mass is 10.1. The van der Waals surface area contributed by atoms with E-state index in [1.165, 1.54) is 18.2 Å². The highest BCUT2D eigenvalue weighted by molar-refractivity contribution is 9.10. The number of ether oxygens (including phenoxy) is 1. The van der Waals surface area contributed by atoms with E-state index in [0.717, 1.165) is 4.47 Å². The molecule has 0 saturated carbocycles. The van der Waals surface area contributed by atoms with Gasteiger partial charge in [0.25, 0.3) is 0 Å². The topological polar surface area (TPSA) is 26.3 Å². The fourth-order valence-corrected chi connectivity index (χ4v) is 2.18. The molecule has 0 amide bonds. The number of rotatable bonds is 4. The number of ketones is 1. The van der Waals surface area contributed by atoms with Crippen molar-refractivity contribution in [1.82, 2.24) is 0 Å². The van der Waals surface area contributed by atoms with E-state index in [-0.39, 0.29) is 18.2 Å². The van der Waals surface area contributed by atoms with Gasteiger partial charge in [0.15, 0.2) is 12.4 Å². The second kappa shape index (κ2) is 6.30. The Kier molecular flexibility index (Phi) is 4.71. The Balaban J connectivity index is 2.02. The monoisotopic (exact) mass is 386 g/mol. The summed E-state index contributed by atoms with van der Waals surface area (Å²) in [5, 5.41) is 0. The van der Waals surface area contributed by atoms with Gasteiger partial charge in [-0.3, -0.25) is 4.79 Å². The Morgan fingerprint density at radius 1 is 1.11 bits per heavy atom. The first kappa shape index (κ1) is 14.2. The minimum absolute atomic E-state index is 0.0914. The number of carbonyl (C=O) groups is 1. The van der Waals surface area contributed by atoms with Crippen LogP contribution in [-0.4, -0.2) is 12.4 Å². The number of hydrogen-bond donors (Lipinski definition) is 0. The molecule has 0 aliphatic heterocycles. The molecule has 0 bridgehead atoms. The highest BCUT2D eigenvalue weighted by Crippen LogP contribution is 2.25. The molecule has 0 spiro atoms. The normalized spacial score (nSPS) is 10.3. The van der Waals surface area contributed by atoms with Crippen molar-refractivity contribution in [2.24, 2.45) is 0 Å². The lowest BCUT2D eigenvalue weighted by Gasteiger charge is -2.07. The van der Waals surface area contributed by atoms with Gasteiger partial charge in [-0.2, -0.15) is 0 Å². The summed E-state index contributed by atoms with van der Waals surface area (Å²) in [4.78, 5) is 11.9. The average molecular weight is 388 g/mol. The molecule has 0 N–H and O–H groups in total. The van der Waals surface area contributed by atoms with Crippen molar-refractivity contribution in [3.8, 4) is 5.75 Å². The Labute approximate surface area is 126 Å². The third-order valence-corrected chi connectivity index (χ3v) is 3.57. The van der Waals surface area contributed by atoms with Crippen molar-refractivity contribution in [1.29, 1.82) is 0 Å². The second-order valence-electron chi connectivity index (χ2n) is 3.79. The van der Waals surface area contributed by atoms with E-state index in [1.54, 1.807) is 24.3 Å². The third-order valence-electron chi connectivity index (χ3n) is 2.42. The summed E-state index contributed by atoms with van der Waals surface area (Å²) in [6, 6.07) is 11.1. The van der Waals surface area contributed by atoms with Crippen molar-refractivity contribution < 1.29 is 13.9 Å². The number of halogens is 3. The number of benzene rings is 2. The van der Waals surface area contributed by atoms with Crippen molar-refractivity contribution >= 4 is 37.6 Å². The van der Waals surface area contributed by atoms with Crippen LogP contribution in [0.25, 0.3) is 0 Å². The fourth-order valence-electron chi connectivity index (χ4n) is 1.45. The van der Waals surface area contributed by atoms with Crippen molar-refractivity contribution in [3.05, 3.63) is 62.8 Å². The van der Waals surface area contributed by atoms with E-state index in [1.807, 2.05) is 0 Å². The first-order chi connectivity index (χ1) is 9.06. The quantitative estimate of drug-likeness (QED) is 0.716. The largest absolute Gasteiger partial charge is 0.484 e. The molecule has 0 heterocycles. The van der Waals surface area contributed by atoms with Crippen LogP contribution < -0.4 is 4.74 Å². The minimum atomic E-state index is -0.363. The molecule has 0 aromatic heterocycles. The van der Waals surface area contributed by atoms with Gasteiger partial charge in [0.2, 0.25) is 0 Å². The van der Waals surface area contributed by atoms with Gasteiger partial charge >= 0.3 is 0 Å². The zero-order valence-electron chi connectivity index (χ0n) is 9.70. The molecule has 5 heteroatoms. The predicted molar refractivity (Wildman–Crippen MR) is 78.1 cm³/mol. The van der Waals surface area contributed by atoms with Crippen LogP contribution in [0.2, 0.25) is 0 Å². The van der Waals surface area contributed by atoms with Gasteiger partial charge in [-0.15, -0.1) is 0 Å². The van der Waals surface area contributed by atoms with Gasteiger partial charge in [-0.1, -0.05) is 28.1 Å². The number of carbonyl (C=O) groups excluding carboxylic acids is 1. The molecular formula is C14H9Br2FO2. The SMILES string of the molecule is O=C(COc1ccc(F)cc1Br)c1ccc(Br)cc1. The molecule has 2 nitrogen and oxygen atoms in total. The molecule has 0 atom stereocenters. The van der Waals surface area contributed by atoms with Gasteiger partial charge in [-0.05, 0) is 46.3 Å². The first-order valence-corrected chi connectivity index (χ1v) is 7.01. The maximum atomic E-state index is 12.9. The molecule has 2 rings (SSSR count). The maximum Gasteiger partial charge on any atom is 0.200 e. The second-order valence-corrected chi connectivity index (χ2v) is 5.56. The summed E-state index contributed by atoms with van der Waals surface area (Å²) in [5.41, 5.74) is 0.571. The summed E-state index contributed by atoms with van der Waals surface area (Å²) < 4.78 is 19.6. The van der Waals surface area contributed by atoms with Crippen molar-refractivity contribution in [2.75, 3.05) is 6.61 Å². The minimum Gasteiger partial charge on any atom is -0.484 e. The molecule has 19 heavy (non-hydrogen) atoms. The van der Waals surface area contributed by atoms with E-state index in [0.29, 0.717) is 15.8 Å². The van der Waals surface area contributed by atoms with E-state index in [2.05, 4.69) is 31.9 Å². The zero-order valence-corrected chi connectivity index (χ0v) is 12.9. The van der Waals surface area contributed by atoms with Crippen LogP contribution in [0.15, 0.2) is 51.4 Å². The van der Waals surface area contributed by atoms with Crippen molar-refractivity contribution in [2.45, 2.75) is 0 Å². The smallest absolute Gasteiger partial charge is 0.200 e. The Morgan fingerprint density at radius 2 is 1.79 bits per heavy atom. The van der Waals surface area contributed by atoms with Gasteiger partial charge < -0.3 is 4.74 Å². The van der Waals surface area contributed by atoms with Crippen LogP contribution in [0, 0.1) is 5.82 Å². The lowest BCUT2D eigenvalue weighted by molar-refractivity contribution is 0.0921. The molecular weight excluding hydrogens is 379 g/mol. The summed E-state index contributed by atoms with van der Waals surface area (Å²) in [7, 11) is 0. The zero-order chi connectivity index (χ0) is 13.8. The van der Waals surface area contributed by atoms with Crippen LogP contribution in [0.3, 0.4) is 0 Å². The molecule has 0 aliphatic carbocycles. The standard InChI is InChI=1S/C14H9Br2FO2/c15-10-3-1-9(2-4-10)13(18)8-19-14-6-5-11(17)7-12(14)16/h1-7H,8H2. The summed E-state index contributed by atoms with van der Waals surface area (Å²) in [5.74, 6) is -0.0611. The lowest BCUT2D eigenvalue weighted by Crippen LogP contribution is -2.11.